The predicted molar refractivity (Wildman–Crippen MR) is 151 cm³/mol. The molecule has 3 aliphatic rings. The van der Waals surface area contributed by atoms with Gasteiger partial charge in [0.25, 0.3) is 0 Å². The maximum Gasteiger partial charge on any atom is 0.0895 e. The zero-order valence-electron chi connectivity index (χ0n) is 20.6. The molecule has 2 heterocycles. The monoisotopic (exact) mass is 517 g/mol. The van der Waals surface area contributed by atoms with Gasteiger partial charge in [0, 0.05) is 35.3 Å². The normalized spacial score (nSPS) is 22.5. The smallest absolute Gasteiger partial charge is 0.0895 e. The predicted octanol–water partition coefficient (Wildman–Crippen LogP) is 8.73. The number of halogens is 2. The average molecular weight is 519 g/mol. The van der Waals surface area contributed by atoms with Crippen LogP contribution >= 0.6 is 23.2 Å². The van der Waals surface area contributed by atoms with Crippen LogP contribution in [0.25, 0.3) is 11.1 Å². The lowest BCUT2D eigenvalue weighted by Gasteiger charge is -2.34. The van der Waals surface area contributed by atoms with Gasteiger partial charge in [0.1, 0.15) is 0 Å². The van der Waals surface area contributed by atoms with Gasteiger partial charge in [0.2, 0.25) is 0 Å². The van der Waals surface area contributed by atoms with E-state index in [0.29, 0.717) is 34.7 Å². The first kappa shape index (κ1) is 29.2. The summed E-state index contributed by atoms with van der Waals surface area (Å²) in [6, 6.07) is 6.66. The van der Waals surface area contributed by atoms with E-state index < -0.39 is 0 Å². The largest absolute Gasteiger partial charge is 0.371 e. The van der Waals surface area contributed by atoms with Crippen LogP contribution in [-0.2, 0) is 11.3 Å². The topological polar surface area (TPSA) is 30.3 Å². The molecule has 3 atom stereocenters. The standard InChI is InChI=1S/C24H27Cl2N3O.C2H6.C2H4.CH4/c1-3-16(4-2)28-13-15-10-18(28)11-23(15)30-14-22-19(12-27-29(22)17-8-9-17)24-20(25)6-5-7-21(24)26;2*1-2;/h3-7,12,15,17-18,23H,1,8-11,13-14H2,2H3;1-2H3;1-2H2;1H4/b16-4+;;;. The molecule has 1 aliphatic heterocycles. The first-order chi connectivity index (χ1) is 16.6. The van der Waals surface area contributed by atoms with E-state index in [4.69, 9.17) is 27.9 Å². The van der Waals surface area contributed by atoms with E-state index in [2.05, 4.69) is 47.4 Å². The van der Waals surface area contributed by atoms with Crippen LogP contribution in [-0.4, -0.2) is 33.4 Å². The molecule has 1 aromatic carbocycles. The molecule has 2 aliphatic carbocycles. The van der Waals surface area contributed by atoms with Crippen molar-refractivity contribution in [3.63, 3.8) is 0 Å². The van der Waals surface area contributed by atoms with Crippen LogP contribution in [0.1, 0.15) is 65.6 Å². The Morgan fingerprint density at radius 3 is 2.31 bits per heavy atom. The van der Waals surface area contributed by atoms with Gasteiger partial charge in [-0.2, -0.15) is 5.10 Å². The van der Waals surface area contributed by atoms with Crippen molar-refractivity contribution < 1.29 is 4.74 Å². The second-order valence-electron chi connectivity index (χ2n) is 8.58. The van der Waals surface area contributed by atoms with E-state index in [1.165, 1.54) is 25.0 Å². The zero-order chi connectivity index (χ0) is 24.8. The number of allylic oxidation sites excluding steroid dienone is 2. The maximum atomic E-state index is 6.52. The lowest BCUT2D eigenvalue weighted by Crippen LogP contribution is -2.37. The van der Waals surface area contributed by atoms with Crippen molar-refractivity contribution in [2.24, 2.45) is 5.92 Å². The first-order valence-electron chi connectivity index (χ1n) is 12.3. The molecule has 3 fully saturated rings. The number of aromatic nitrogens is 2. The highest BCUT2D eigenvalue weighted by atomic mass is 35.5. The highest BCUT2D eigenvalue weighted by molar-refractivity contribution is 6.39. The summed E-state index contributed by atoms with van der Waals surface area (Å²) < 4.78 is 8.65. The molecule has 2 saturated carbocycles. The minimum absolute atomic E-state index is 0. The third kappa shape index (κ3) is 6.04. The highest BCUT2D eigenvalue weighted by Crippen LogP contribution is 2.44. The van der Waals surface area contributed by atoms with Gasteiger partial charge in [-0.3, -0.25) is 4.68 Å². The molecule has 4 nitrogen and oxygen atoms in total. The van der Waals surface area contributed by atoms with E-state index >= 15 is 0 Å². The van der Waals surface area contributed by atoms with Crippen molar-refractivity contribution in [1.82, 2.24) is 14.7 Å². The van der Waals surface area contributed by atoms with Crippen LogP contribution in [0.3, 0.4) is 0 Å². The van der Waals surface area contributed by atoms with Crippen molar-refractivity contribution in [2.45, 2.75) is 78.7 Å². The summed E-state index contributed by atoms with van der Waals surface area (Å²) in [6.45, 7) is 17.6. The Morgan fingerprint density at radius 2 is 1.80 bits per heavy atom. The van der Waals surface area contributed by atoms with E-state index in [0.717, 1.165) is 29.8 Å². The molecule has 35 heavy (non-hydrogen) atoms. The van der Waals surface area contributed by atoms with Gasteiger partial charge < -0.3 is 9.64 Å². The minimum atomic E-state index is 0. The molecule has 0 amide bonds. The van der Waals surface area contributed by atoms with E-state index in [1.807, 2.05) is 44.3 Å². The molecule has 6 heteroatoms. The maximum absolute atomic E-state index is 6.52. The summed E-state index contributed by atoms with van der Waals surface area (Å²) in [5, 5.41) is 5.98. The van der Waals surface area contributed by atoms with Gasteiger partial charge in [0.15, 0.2) is 0 Å². The lowest BCUT2D eigenvalue weighted by molar-refractivity contribution is -0.00735. The first-order valence-corrected chi connectivity index (χ1v) is 13.0. The molecule has 1 aromatic heterocycles. The molecule has 2 bridgehead atoms. The average Bonchev–Trinajstić information content (AvgIpc) is 3.32. The fourth-order valence-electron chi connectivity index (χ4n) is 5.14. The van der Waals surface area contributed by atoms with Gasteiger partial charge in [-0.25, -0.2) is 0 Å². The second kappa shape index (κ2) is 13.3. The van der Waals surface area contributed by atoms with Crippen LogP contribution < -0.4 is 0 Å². The molecule has 0 spiro atoms. The van der Waals surface area contributed by atoms with E-state index in [9.17, 15) is 0 Å². The number of benzene rings is 1. The van der Waals surface area contributed by atoms with E-state index in [-0.39, 0.29) is 13.5 Å². The zero-order valence-corrected chi connectivity index (χ0v) is 22.2. The summed E-state index contributed by atoms with van der Waals surface area (Å²) in [5.74, 6) is 0.564. The molecule has 0 N–H and O–H groups in total. The lowest BCUT2D eigenvalue weighted by atomic mass is 10.0. The van der Waals surface area contributed by atoms with Gasteiger partial charge >= 0.3 is 0 Å². The van der Waals surface area contributed by atoms with Gasteiger partial charge in [-0.05, 0) is 50.8 Å². The molecule has 3 unspecified atom stereocenters. The third-order valence-electron chi connectivity index (χ3n) is 6.77. The quantitative estimate of drug-likeness (QED) is 0.271. The molecule has 2 aromatic rings. The number of rotatable bonds is 7. The SMILES string of the molecule is C.C=C.C=C/C(=C\C)N1CC2CC1CC2OCc1c(-c2c(Cl)cccc2Cl)cnn1C1CC1.CC. The third-order valence-corrected chi connectivity index (χ3v) is 7.40. The Labute approximate surface area is 222 Å². The number of ether oxygens (including phenoxy) is 1. The second-order valence-corrected chi connectivity index (χ2v) is 9.40. The molecule has 0 radical (unpaired) electrons. The number of likely N-dealkylation sites (tertiary alicyclic amines) is 1. The van der Waals surface area contributed by atoms with Crippen molar-refractivity contribution in [2.75, 3.05) is 6.54 Å². The summed E-state index contributed by atoms with van der Waals surface area (Å²) >= 11 is 13.0. The molecular formula is C29H41Cl2N3O. The van der Waals surface area contributed by atoms with Crippen LogP contribution in [0.15, 0.2) is 62.0 Å². The van der Waals surface area contributed by atoms with Crippen LogP contribution in [0, 0.1) is 5.92 Å². The summed E-state index contributed by atoms with van der Waals surface area (Å²) in [6.07, 6.45) is 10.9. The Balaban J connectivity index is 0.000000823. The molecule has 192 valence electrons. The van der Waals surface area contributed by atoms with Crippen molar-refractivity contribution in [3.8, 4) is 11.1 Å². The van der Waals surface area contributed by atoms with Crippen molar-refractivity contribution in [1.29, 1.82) is 0 Å². The van der Waals surface area contributed by atoms with Crippen molar-refractivity contribution >= 4 is 23.2 Å². The molecule has 5 rings (SSSR count). The van der Waals surface area contributed by atoms with Gasteiger partial charge in [-0.1, -0.05) is 63.2 Å². The highest BCUT2D eigenvalue weighted by Gasteiger charge is 2.45. The number of fused-ring (bicyclic) bond motifs is 2. The molecule has 1 saturated heterocycles. The van der Waals surface area contributed by atoms with Crippen LogP contribution in [0.5, 0.6) is 0 Å². The number of hydrogen-bond acceptors (Lipinski definition) is 3. The van der Waals surface area contributed by atoms with Crippen molar-refractivity contribution in [3.05, 3.63) is 77.7 Å². The fourth-order valence-corrected chi connectivity index (χ4v) is 5.74. The Morgan fingerprint density at radius 1 is 1.14 bits per heavy atom. The van der Waals surface area contributed by atoms with Gasteiger partial charge in [0.05, 0.1) is 40.7 Å². The fraction of sp³-hybridized carbons (Fsp3) is 0.483. The van der Waals surface area contributed by atoms with Crippen LogP contribution in [0.4, 0.5) is 0 Å². The minimum Gasteiger partial charge on any atom is -0.371 e. The summed E-state index contributed by atoms with van der Waals surface area (Å²) in [4.78, 5) is 2.49. The number of hydrogen-bond donors (Lipinski definition) is 0. The summed E-state index contributed by atoms with van der Waals surface area (Å²) in [5.41, 5.74) is 4.18. The summed E-state index contributed by atoms with van der Waals surface area (Å²) in [7, 11) is 0. The van der Waals surface area contributed by atoms with E-state index in [1.54, 1.807) is 0 Å². The molecular weight excluding hydrogens is 477 g/mol. The Bertz CT molecular complexity index is 991. The van der Waals surface area contributed by atoms with Gasteiger partial charge in [-0.15, -0.1) is 13.2 Å². The Hall–Kier alpha value is -2.01. The number of nitrogens with zero attached hydrogens (tertiary/aromatic N) is 3. The van der Waals surface area contributed by atoms with Crippen LogP contribution in [0.2, 0.25) is 10.0 Å². The Kier molecular flexibility index (Phi) is 11.1. The number of piperidine rings is 1.